The van der Waals surface area contributed by atoms with E-state index in [1.54, 1.807) is 12.3 Å². The molecule has 0 saturated heterocycles. The first-order chi connectivity index (χ1) is 9.06. The molecule has 2 heterocycles. The van der Waals surface area contributed by atoms with Gasteiger partial charge in [0.15, 0.2) is 10.4 Å². The van der Waals surface area contributed by atoms with Gasteiger partial charge in [0.05, 0.1) is 5.56 Å². The summed E-state index contributed by atoms with van der Waals surface area (Å²) in [6.07, 6.45) is 1.70. The van der Waals surface area contributed by atoms with Crippen molar-refractivity contribution in [1.82, 2.24) is 20.5 Å². The van der Waals surface area contributed by atoms with Crippen molar-refractivity contribution in [2.24, 2.45) is 5.92 Å². The molecule has 102 valence electrons. The van der Waals surface area contributed by atoms with Gasteiger partial charge in [0.2, 0.25) is 0 Å². The number of H-pyrrole nitrogens is 1. The Bertz CT molecular complexity index is 603. The highest BCUT2D eigenvalue weighted by Gasteiger charge is 2.10. The van der Waals surface area contributed by atoms with Crippen molar-refractivity contribution >= 4 is 11.3 Å². The first-order valence-corrected chi connectivity index (χ1v) is 7.10. The van der Waals surface area contributed by atoms with Crippen LogP contribution in [-0.2, 0) is 6.54 Å². The minimum atomic E-state index is -0.0194. The van der Waals surface area contributed by atoms with E-state index in [1.807, 2.05) is 6.92 Å². The number of aromatic nitrogens is 3. The SMILES string of the molecule is Cc1cc(=O)c(-c2nnc(CNCC(C)C)s2)c[nH]1. The number of nitrogens with one attached hydrogen (secondary N) is 2. The molecule has 2 aromatic rings. The minimum absolute atomic E-state index is 0.0194. The molecule has 0 bridgehead atoms. The van der Waals surface area contributed by atoms with Crippen molar-refractivity contribution in [1.29, 1.82) is 0 Å². The summed E-state index contributed by atoms with van der Waals surface area (Å²) in [4.78, 5) is 14.9. The smallest absolute Gasteiger partial charge is 0.192 e. The molecule has 5 nitrogen and oxygen atoms in total. The maximum atomic E-state index is 11.9. The van der Waals surface area contributed by atoms with Crippen LogP contribution in [0, 0.1) is 12.8 Å². The Labute approximate surface area is 116 Å². The molecule has 0 radical (unpaired) electrons. The zero-order valence-electron chi connectivity index (χ0n) is 11.4. The number of rotatable bonds is 5. The standard InChI is InChI=1S/C13H18N4OS/c1-8(2)5-14-7-12-16-17-13(19-12)10-6-15-9(3)4-11(10)18/h4,6,8,14H,5,7H2,1-3H3,(H,15,18). The third-order valence-corrected chi connectivity index (χ3v) is 3.54. The van der Waals surface area contributed by atoms with Crippen LogP contribution in [0.25, 0.3) is 10.6 Å². The molecule has 0 aliphatic rings. The normalized spacial score (nSPS) is 11.2. The fourth-order valence-corrected chi connectivity index (χ4v) is 2.47. The average molecular weight is 278 g/mol. The summed E-state index contributed by atoms with van der Waals surface area (Å²) in [6, 6.07) is 1.58. The van der Waals surface area contributed by atoms with Crippen molar-refractivity contribution in [3.8, 4) is 10.6 Å². The Balaban J connectivity index is 2.10. The van der Waals surface area contributed by atoms with Gasteiger partial charge in [-0.25, -0.2) is 0 Å². The molecule has 19 heavy (non-hydrogen) atoms. The van der Waals surface area contributed by atoms with Crippen LogP contribution in [0.5, 0.6) is 0 Å². The van der Waals surface area contributed by atoms with Gasteiger partial charge in [-0.05, 0) is 19.4 Å². The summed E-state index contributed by atoms with van der Waals surface area (Å²) in [6.45, 7) is 7.81. The number of hydrogen-bond acceptors (Lipinski definition) is 5. The van der Waals surface area contributed by atoms with E-state index in [0.29, 0.717) is 23.0 Å². The van der Waals surface area contributed by atoms with Crippen LogP contribution in [0.4, 0.5) is 0 Å². The second-order valence-electron chi connectivity index (χ2n) is 4.92. The van der Waals surface area contributed by atoms with E-state index in [9.17, 15) is 4.79 Å². The van der Waals surface area contributed by atoms with Crippen LogP contribution < -0.4 is 10.7 Å². The second-order valence-corrected chi connectivity index (χ2v) is 5.98. The molecule has 0 aliphatic heterocycles. The molecule has 0 aromatic carbocycles. The van der Waals surface area contributed by atoms with Crippen molar-refractivity contribution in [2.45, 2.75) is 27.3 Å². The monoisotopic (exact) mass is 278 g/mol. The van der Waals surface area contributed by atoms with Gasteiger partial charge in [0, 0.05) is 24.5 Å². The van der Waals surface area contributed by atoms with Crippen LogP contribution in [-0.4, -0.2) is 21.7 Å². The first kappa shape index (κ1) is 13.9. The van der Waals surface area contributed by atoms with Crippen LogP contribution in [0.3, 0.4) is 0 Å². The molecule has 0 amide bonds. The van der Waals surface area contributed by atoms with Crippen molar-refractivity contribution < 1.29 is 0 Å². The molecular formula is C13H18N4OS. The highest BCUT2D eigenvalue weighted by Crippen LogP contribution is 2.19. The number of hydrogen-bond donors (Lipinski definition) is 2. The minimum Gasteiger partial charge on any atom is -0.364 e. The van der Waals surface area contributed by atoms with Gasteiger partial charge in [0.1, 0.15) is 5.01 Å². The van der Waals surface area contributed by atoms with Crippen molar-refractivity contribution in [3.05, 3.63) is 33.2 Å². The summed E-state index contributed by atoms with van der Waals surface area (Å²) in [5.41, 5.74) is 1.41. The zero-order valence-corrected chi connectivity index (χ0v) is 12.2. The van der Waals surface area contributed by atoms with Gasteiger partial charge in [-0.3, -0.25) is 4.79 Å². The Hall–Kier alpha value is -1.53. The predicted octanol–water partition coefficient (Wildman–Crippen LogP) is 1.95. The van der Waals surface area contributed by atoms with Crippen molar-refractivity contribution in [2.75, 3.05) is 6.54 Å². The molecule has 0 unspecified atom stereocenters. The molecule has 0 saturated carbocycles. The van der Waals surface area contributed by atoms with Gasteiger partial charge < -0.3 is 10.3 Å². The summed E-state index contributed by atoms with van der Waals surface area (Å²) >= 11 is 1.45. The molecule has 2 aromatic heterocycles. The molecule has 0 fully saturated rings. The maximum Gasteiger partial charge on any atom is 0.192 e. The van der Waals surface area contributed by atoms with Gasteiger partial charge in [-0.15, -0.1) is 10.2 Å². The molecule has 0 aliphatic carbocycles. The van der Waals surface area contributed by atoms with E-state index in [-0.39, 0.29) is 5.43 Å². The highest BCUT2D eigenvalue weighted by atomic mass is 32.1. The van der Waals surface area contributed by atoms with Crippen LogP contribution in [0.15, 0.2) is 17.1 Å². The lowest BCUT2D eigenvalue weighted by Crippen LogP contribution is -2.18. The fourth-order valence-electron chi connectivity index (χ4n) is 1.64. The lowest BCUT2D eigenvalue weighted by Gasteiger charge is -2.03. The van der Waals surface area contributed by atoms with Crippen LogP contribution in [0.1, 0.15) is 24.5 Å². The Morgan fingerprint density at radius 2 is 2.21 bits per heavy atom. The quantitative estimate of drug-likeness (QED) is 0.877. The second kappa shape index (κ2) is 6.08. The number of pyridine rings is 1. The first-order valence-electron chi connectivity index (χ1n) is 6.29. The van der Waals surface area contributed by atoms with E-state index in [1.165, 1.54) is 11.3 Å². The number of aromatic amines is 1. The number of aryl methyl sites for hydroxylation is 1. The van der Waals surface area contributed by atoms with E-state index in [2.05, 4.69) is 34.3 Å². The molecule has 2 rings (SSSR count). The maximum absolute atomic E-state index is 11.9. The highest BCUT2D eigenvalue weighted by molar-refractivity contribution is 7.14. The summed E-state index contributed by atoms with van der Waals surface area (Å²) in [7, 11) is 0. The third-order valence-electron chi connectivity index (χ3n) is 2.58. The van der Waals surface area contributed by atoms with E-state index in [4.69, 9.17) is 0 Å². The molecule has 2 N–H and O–H groups in total. The van der Waals surface area contributed by atoms with E-state index < -0.39 is 0 Å². The van der Waals surface area contributed by atoms with Gasteiger partial charge in [0.25, 0.3) is 0 Å². The van der Waals surface area contributed by atoms with E-state index >= 15 is 0 Å². The van der Waals surface area contributed by atoms with Gasteiger partial charge in [-0.1, -0.05) is 25.2 Å². The summed E-state index contributed by atoms with van der Waals surface area (Å²) in [5, 5.41) is 13.1. The fraction of sp³-hybridized carbons (Fsp3) is 0.462. The Kier molecular flexibility index (Phi) is 4.44. The number of nitrogens with zero attached hydrogens (tertiary/aromatic N) is 2. The largest absolute Gasteiger partial charge is 0.364 e. The zero-order chi connectivity index (χ0) is 13.8. The lowest BCUT2D eigenvalue weighted by atomic mass is 10.2. The summed E-state index contributed by atoms with van der Waals surface area (Å²) in [5.74, 6) is 0.604. The molecule has 0 atom stereocenters. The van der Waals surface area contributed by atoms with Crippen molar-refractivity contribution in [3.63, 3.8) is 0 Å². The molecule has 6 heteroatoms. The van der Waals surface area contributed by atoms with Crippen LogP contribution in [0.2, 0.25) is 0 Å². The Morgan fingerprint density at radius 3 is 2.89 bits per heavy atom. The average Bonchev–Trinajstić information content (AvgIpc) is 2.77. The Morgan fingerprint density at radius 1 is 1.42 bits per heavy atom. The molecular weight excluding hydrogens is 260 g/mol. The summed E-state index contributed by atoms with van der Waals surface area (Å²) < 4.78 is 0. The van der Waals surface area contributed by atoms with Crippen LogP contribution >= 0.6 is 11.3 Å². The van der Waals surface area contributed by atoms with Gasteiger partial charge >= 0.3 is 0 Å². The van der Waals surface area contributed by atoms with E-state index in [0.717, 1.165) is 17.2 Å². The predicted molar refractivity (Wildman–Crippen MR) is 77.2 cm³/mol. The lowest BCUT2D eigenvalue weighted by molar-refractivity contribution is 0.550. The third kappa shape index (κ3) is 3.71. The topological polar surface area (TPSA) is 70.7 Å². The van der Waals surface area contributed by atoms with Gasteiger partial charge in [-0.2, -0.15) is 0 Å². The molecule has 0 spiro atoms.